The van der Waals surface area contributed by atoms with E-state index in [9.17, 15) is 9.59 Å². The normalized spacial score (nSPS) is 15.6. The van der Waals surface area contributed by atoms with Gasteiger partial charge < -0.3 is 14.4 Å². The number of nitrogens with zero attached hydrogens (tertiary/aromatic N) is 2. The second-order valence-corrected chi connectivity index (χ2v) is 8.49. The van der Waals surface area contributed by atoms with E-state index in [4.69, 9.17) is 9.47 Å². The molecular weight excluding hydrogens is 428 g/mol. The first-order valence-electron chi connectivity index (χ1n) is 11.3. The summed E-state index contributed by atoms with van der Waals surface area (Å²) in [7, 11) is 3.11. The number of rotatable bonds is 5. The minimum atomic E-state index is -0.382. The van der Waals surface area contributed by atoms with Crippen LogP contribution in [0, 0.1) is 6.92 Å². The number of hydrogen-bond donors (Lipinski definition) is 0. The Balaban J connectivity index is 1.68. The fourth-order valence-electron chi connectivity index (χ4n) is 4.79. The molecule has 0 unspecified atom stereocenters. The predicted octanol–water partition coefficient (Wildman–Crippen LogP) is 4.36. The minimum absolute atomic E-state index is 0.352. The molecule has 3 aromatic carbocycles. The van der Waals surface area contributed by atoms with E-state index in [-0.39, 0.29) is 11.8 Å². The number of anilines is 1. The molecule has 2 heterocycles. The van der Waals surface area contributed by atoms with E-state index in [1.165, 1.54) is 17.6 Å². The largest absolute Gasteiger partial charge is 0.496 e. The smallest absolute Gasteiger partial charge is 0.282 e. The van der Waals surface area contributed by atoms with Crippen LogP contribution in [0.4, 0.5) is 5.69 Å². The van der Waals surface area contributed by atoms with E-state index in [0.717, 1.165) is 17.5 Å². The quantitative estimate of drug-likeness (QED) is 0.537. The van der Waals surface area contributed by atoms with Crippen LogP contribution in [0.3, 0.4) is 0 Å². The summed E-state index contributed by atoms with van der Waals surface area (Å²) in [5.41, 5.74) is 5.15. The minimum Gasteiger partial charge on any atom is -0.496 e. The van der Waals surface area contributed by atoms with Crippen molar-refractivity contribution in [2.24, 2.45) is 0 Å². The summed E-state index contributed by atoms with van der Waals surface area (Å²) in [5, 5.41) is 0. The SMILES string of the molecule is COc1ccccc1C1=C(N2CCc3ccccc3C2)C(=O)N(c2cc(C)ccc2OC)C1=O. The van der Waals surface area contributed by atoms with Crippen molar-refractivity contribution in [1.82, 2.24) is 4.90 Å². The second-order valence-electron chi connectivity index (χ2n) is 8.49. The summed E-state index contributed by atoms with van der Waals surface area (Å²) < 4.78 is 11.1. The first-order valence-corrected chi connectivity index (χ1v) is 11.3. The molecule has 3 aromatic rings. The molecule has 0 saturated carbocycles. The predicted molar refractivity (Wildman–Crippen MR) is 131 cm³/mol. The zero-order valence-corrected chi connectivity index (χ0v) is 19.5. The van der Waals surface area contributed by atoms with Gasteiger partial charge in [-0.2, -0.15) is 0 Å². The third kappa shape index (κ3) is 3.52. The van der Waals surface area contributed by atoms with Crippen LogP contribution in [0.15, 0.2) is 72.4 Å². The molecule has 0 fully saturated rings. The molecule has 6 heteroatoms. The first kappa shape index (κ1) is 21.8. The Kier molecular flexibility index (Phi) is 5.57. The molecule has 0 radical (unpaired) electrons. The molecule has 2 amide bonds. The van der Waals surface area contributed by atoms with Gasteiger partial charge in [0.25, 0.3) is 11.8 Å². The zero-order chi connectivity index (χ0) is 23.8. The maximum atomic E-state index is 14.0. The summed E-state index contributed by atoms with van der Waals surface area (Å²) in [6, 6.07) is 21.0. The third-order valence-electron chi connectivity index (χ3n) is 6.46. The molecule has 0 N–H and O–H groups in total. The first-order chi connectivity index (χ1) is 16.5. The molecule has 0 saturated heterocycles. The van der Waals surface area contributed by atoms with Crippen LogP contribution in [0.2, 0.25) is 0 Å². The van der Waals surface area contributed by atoms with Crippen molar-refractivity contribution in [1.29, 1.82) is 0 Å². The molecule has 0 bridgehead atoms. The van der Waals surface area contributed by atoms with E-state index in [1.54, 1.807) is 19.2 Å². The monoisotopic (exact) mass is 454 g/mol. The molecule has 5 rings (SSSR count). The molecule has 2 aliphatic heterocycles. The fraction of sp³-hybridized carbons (Fsp3) is 0.214. The Morgan fingerprint density at radius 1 is 0.794 bits per heavy atom. The van der Waals surface area contributed by atoms with E-state index >= 15 is 0 Å². The maximum absolute atomic E-state index is 14.0. The maximum Gasteiger partial charge on any atom is 0.282 e. The van der Waals surface area contributed by atoms with Crippen LogP contribution in [-0.4, -0.2) is 37.5 Å². The lowest BCUT2D eigenvalue weighted by Crippen LogP contribution is -2.37. The highest BCUT2D eigenvalue weighted by Gasteiger charge is 2.44. The van der Waals surface area contributed by atoms with E-state index in [1.807, 2.05) is 54.3 Å². The van der Waals surface area contributed by atoms with Gasteiger partial charge in [-0.3, -0.25) is 9.59 Å². The van der Waals surface area contributed by atoms with Crippen molar-refractivity contribution in [2.75, 3.05) is 25.7 Å². The highest BCUT2D eigenvalue weighted by Crippen LogP contribution is 2.42. The van der Waals surface area contributed by atoms with Gasteiger partial charge >= 0.3 is 0 Å². The van der Waals surface area contributed by atoms with Gasteiger partial charge in [0.1, 0.15) is 17.2 Å². The van der Waals surface area contributed by atoms with Gasteiger partial charge in [-0.05, 0) is 48.2 Å². The Morgan fingerprint density at radius 3 is 2.26 bits per heavy atom. The molecular formula is C28H26N2O4. The lowest BCUT2D eigenvalue weighted by Gasteiger charge is -2.31. The number of para-hydroxylation sites is 1. The molecule has 172 valence electrons. The number of benzene rings is 3. The van der Waals surface area contributed by atoms with Gasteiger partial charge in [0.15, 0.2) is 0 Å². The number of methoxy groups -OCH3 is 2. The average molecular weight is 455 g/mol. The molecule has 0 aromatic heterocycles. The molecule has 34 heavy (non-hydrogen) atoms. The Morgan fingerprint density at radius 2 is 1.50 bits per heavy atom. The topological polar surface area (TPSA) is 59.1 Å². The Hall–Kier alpha value is -4.06. The van der Waals surface area contributed by atoms with E-state index in [0.29, 0.717) is 47.1 Å². The number of amides is 2. The summed E-state index contributed by atoms with van der Waals surface area (Å²) in [6.07, 6.45) is 0.800. The van der Waals surface area contributed by atoms with Gasteiger partial charge in [0.2, 0.25) is 0 Å². The van der Waals surface area contributed by atoms with E-state index in [2.05, 4.69) is 12.1 Å². The van der Waals surface area contributed by atoms with Crippen molar-refractivity contribution in [3.8, 4) is 11.5 Å². The van der Waals surface area contributed by atoms with Crippen LogP contribution in [0.1, 0.15) is 22.3 Å². The number of imide groups is 1. The summed E-state index contributed by atoms with van der Waals surface area (Å²) in [6.45, 7) is 3.12. The van der Waals surface area contributed by atoms with E-state index < -0.39 is 0 Å². The van der Waals surface area contributed by atoms with Crippen LogP contribution >= 0.6 is 0 Å². The number of ether oxygens (including phenoxy) is 2. The van der Waals surface area contributed by atoms with Crippen molar-refractivity contribution >= 4 is 23.1 Å². The van der Waals surface area contributed by atoms with Gasteiger partial charge in [-0.1, -0.05) is 48.5 Å². The standard InChI is InChI=1S/C28H26N2O4/c1-18-12-13-24(34-3)22(16-18)30-27(31)25(21-10-6-7-11-23(21)33-2)26(28(30)32)29-15-14-19-8-4-5-9-20(19)17-29/h4-13,16H,14-15,17H2,1-3H3. The lowest BCUT2D eigenvalue weighted by atomic mass is 9.97. The van der Waals surface area contributed by atoms with Gasteiger partial charge in [0, 0.05) is 18.7 Å². The van der Waals surface area contributed by atoms with Crippen LogP contribution < -0.4 is 14.4 Å². The third-order valence-corrected chi connectivity index (χ3v) is 6.46. The molecule has 6 nitrogen and oxygen atoms in total. The molecule has 0 spiro atoms. The van der Waals surface area contributed by atoms with Gasteiger partial charge in [0.05, 0.1) is 25.5 Å². The zero-order valence-electron chi connectivity index (χ0n) is 19.5. The second kappa shape index (κ2) is 8.71. The lowest BCUT2D eigenvalue weighted by molar-refractivity contribution is -0.120. The van der Waals surface area contributed by atoms with Gasteiger partial charge in [-0.25, -0.2) is 4.90 Å². The number of carbonyl (C=O) groups is 2. The number of fused-ring (bicyclic) bond motifs is 1. The van der Waals surface area contributed by atoms with Crippen molar-refractivity contribution in [2.45, 2.75) is 19.9 Å². The van der Waals surface area contributed by atoms with Crippen LogP contribution in [0.25, 0.3) is 5.57 Å². The van der Waals surface area contributed by atoms with Crippen molar-refractivity contribution < 1.29 is 19.1 Å². The highest BCUT2D eigenvalue weighted by molar-refractivity contribution is 6.46. The molecule has 0 atom stereocenters. The van der Waals surface area contributed by atoms with Crippen LogP contribution in [0.5, 0.6) is 11.5 Å². The highest BCUT2D eigenvalue weighted by atomic mass is 16.5. The number of hydrogen-bond acceptors (Lipinski definition) is 5. The Labute approximate surface area is 199 Å². The summed E-state index contributed by atoms with van der Waals surface area (Å²) >= 11 is 0. The number of aryl methyl sites for hydroxylation is 1. The summed E-state index contributed by atoms with van der Waals surface area (Å²) in [5.74, 6) is 0.282. The fourth-order valence-corrected chi connectivity index (χ4v) is 4.79. The average Bonchev–Trinajstić information content (AvgIpc) is 3.13. The molecule has 2 aliphatic rings. The Bertz CT molecular complexity index is 1330. The van der Waals surface area contributed by atoms with Crippen molar-refractivity contribution in [3.63, 3.8) is 0 Å². The van der Waals surface area contributed by atoms with Crippen LogP contribution in [-0.2, 0) is 22.6 Å². The molecule has 0 aliphatic carbocycles. The summed E-state index contributed by atoms with van der Waals surface area (Å²) in [4.78, 5) is 31.2. The van der Waals surface area contributed by atoms with Crippen molar-refractivity contribution in [3.05, 3.63) is 94.7 Å². The number of carbonyl (C=O) groups excluding carboxylic acids is 2. The van der Waals surface area contributed by atoms with Gasteiger partial charge in [-0.15, -0.1) is 0 Å².